The predicted octanol–water partition coefficient (Wildman–Crippen LogP) is 3.43. The van der Waals surface area contributed by atoms with Crippen LogP contribution in [0.2, 0.25) is 0 Å². The SMILES string of the molecule is Cl.Cl.c1ccc(COC2CCN(Cc3ncc[nH]3)CC2)cc1. The van der Waals surface area contributed by atoms with Gasteiger partial charge >= 0.3 is 0 Å². The minimum Gasteiger partial charge on any atom is -0.373 e. The summed E-state index contributed by atoms with van der Waals surface area (Å²) in [5.41, 5.74) is 1.26. The van der Waals surface area contributed by atoms with E-state index >= 15 is 0 Å². The fourth-order valence-electron chi connectivity index (χ4n) is 2.62. The van der Waals surface area contributed by atoms with Crippen molar-refractivity contribution in [1.82, 2.24) is 14.9 Å². The molecule has 0 atom stereocenters. The van der Waals surface area contributed by atoms with Gasteiger partial charge in [-0.1, -0.05) is 30.3 Å². The number of hydrogen-bond donors (Lipinski definition) is 1. The Morgan fingerprint density at radius 2 is 1.86 bits per heavy atom. The van der Waals surface area contributed by atoms with Gasteiger partial charge in [0.1, 0.15) is 5.82 Å². The first kappa shape index (κ1) is 19.0. The number of likely N-dealkylation sites (tertiary alicyclic amines) is 1. The molecule has 22 heavy (non-hydrogen) atoms. The van der Waals surface area contributed by atoms with E-state index in [0.717, 1.165) is 44.9 Å². The predicted molar refractivity (Wildman–Crippen MR) is 92.6 cm³/mol. The highest BCUT2D eigenvalue weighted by atomic mass is 35.5. The summed E-state index contributed by atoms with van der Waals surface area (Å²) >= 11 is 0. The first-order valence-electron chi connectivity index (χ1n) is 7.26. The van der Waals surface area contributed by atoms with Crippen LogP contribution in [0.3, 0.4) is 0 Å². The van der Waals surface area contributed by atoms with E-state index in [2.05, 4.69) is 39.1 Å². The molecule has 0 unspecified atom stereocenters. The summed E-state index contributed by atoms with van der Waals surface area (Å²) in [6.45, 7) is 3.81. The molecule has 122 valence electrons. The topological polar surface area (TPSA) is 41.1 Å². The lowest BCUT2D eigenvalue weighted by Crippen LogP contribution is -2.36. The first-order valence-corrected chi connectivity index (χ1v) is 7.26. The average Bonchev–Trinajstić information content (AvgIpc) is 3.01. The quantitative estimate of drug-likeness (QED) is 0.903. The van der Waals surface area contributed by atoms with Crippen molar-refractivity contribution in [2.45, 2.75) is 32.1 Å². The van der Waals surface area contributed by atoms with Crippen molar-refractivity contribution in [2.24, 2.45) is 0 Å². The number of halogens is 2. The van der Waals surface area contributed by atoms with Crippen LogP contribution in [-0.4, -0.2) is 34.1 Å². The number of H-pyrrole nitrogens is 1. The lowest BCUT2D eigenvalue weighted by Gasteiger charge is -2.31. The molecule has 2 heterocycles. The van der Waals surface area contributed by atoms with Crippen molar-refractivity contribution < 1.29 is 4.74 Å². The number of benzene rings is 1. The lowest BCUT2D eigenvalue weighted by molar-refractivity contribution is -0.00433. The van der Waals surface area contributed by atoms with Crippen molar-refractivity contribution in [2.75, 3.05) is 13.1 Å². The fourth-order valence-corrected chi connectivity index (χ4v) is 2.62. The van der Waals surface area contributed by atoms with Crippen LogP contribution in [0, 0.1) is 0 Å². The van der Waals surface area contributed by atoms with Crippen LogP contribution in [0.25, 0.3) is 0 Å². The van der Waals surface area contributed by atoms with E-state index < -0.39 is 0 Å². The summed E-state index contributed by atoms with van der Waals surface area (Å²) in [5, 5.41) is 0. The Morgan fingerprint density at radius 1 is 1.14 bits per heavy atom. The van der Waals surface area contributed by atoms with E-state index in [1.54, 1.807) is 0 Å². The van der Waals surface area contributed by atoms with Gasteiger partial charge in [-0.2, -0.15) is 0 Å². The molecule has 1 aliphatic rings. The van der Waals surface area contributed by atoms with E-state index in [0.29, 0.717) is 6.10 Å². The Bertz CT molecular complexity index is 499. The molecule has 0 bridgehead atoms. The van der Waals surface area contributed by atoms with E-state index in [-0.39, 0.29) is 24.8 Å². The van der Waals surface area contributed by atoms with Crippen molar-refractivity contribution in [3.05, 3.63) is 54.1 Å². The van der Waals surface area contributed by atoms with Crippen LogP contribution in [0.1, 0.15) is 24.2 Å². The lowest BCUT2D eigenvalue weighted by atomic mass is 10.1. The Labute approximate surface area is 144 Å². The maximum atomic E-state index is 6.00. The minimum absolute atomic E-state index is 0. The second-order valence-corrected chi connectivity index (χ2v) is 5.31. The largest absolute Gasteiger partial charge is 0.373 e. The second-order valence-electron chi connectivity index (χ2n) is 5.31. The van der Waals surface area contributed by atoms with Gasteiger partial charge in [-0.3, -0.25) is 4.90 Å². The summed E-state index contributed by atoms with van der Waals surface area (Å²) < 4.78 is 6.00. The van der Waals surface area contributed by atoms with E-state index in [1.165, 1.54) is 5.56 Å². The number of hydrogen-bond acceptors (Lipinski definition) is 3. The van der Waals surface area contributed by atoms with Crippen LogP contribution in [0.4, 0.5) is 0 Å². The third-order valence-electron chi connectivity index (χ3n) is 3.79. The van der Waals surface area contributed by atoms with Gasteiger partial charge in [-0.05, 0) is 18.4 Å². The molecule has 0 radical (unpaired) electrons. The van der Waals surface area contributed by atoms with E-state index in [1.807, 2.05) is 18.5 Å². The summed E-state index contributed by atoms with van der Waals surface area (Å²) in [4.78, 5) is 9.87. The first-order chi connectivity index (χ1) is 9.90. The van der Waals surface area contributed by atoms with Crippen LogP contribution in [0.5, 0.6) is 0 Å². The van der Waals surface area contributed by atoms with Crippen molar-refractivity contribution in [3.8, 4) is 0 Å². The van der Waals surface area contributed by atoms with Gasteiger partial charge < -0.3 is 9.72 Å². The molecule has 1 N–H and O–H groups in total. The molecular formula is C16H23Cl2N3O. The highest BCUT2D eigenvalue weighted by molar-refractivity contribution is 5.85. The smallest absolute Gasteiger partial charge is 0.120 e. The Morgan fingerprint density at radius 3 is 2.50 bits per heavy atom. The Balaban J connectivity index is 0.00000121. The summed E-state index contributed by atoms with van der Waals surface area (Å²) in [6, 6.07) is 10.4. The van der Waals surface area contributed by atoms with Crippen molar-refractivity contribution >= 4 is 24.8 Å². The molecule has 1 aromatic carbocycles. The van der Waals surface area contributed by atoms with E-state index in [9.17, 15) is 0 Å². The van der Waals surface area contributed by atoms with Gasteiger partial charge in [0.2, 0.25) is 0 Å². The number of aromatic amines is 1. The molecule has 1 fully saturated rings. The van der Waals surface area contributed by atoms with E-state index in [4.69, 9.17) is 4.74 Å². The van der Waals surface area contributed by atoms with Crippen LogP contribution >= 0.6 is 24.8 Å². The minimum atomic E-state index is 0. The molecule has 1 aromatic heterocycles. The number of ether oxygens (including phenoxy) is 1. The van der Waals surface area contributed by atoms with Gasteiger partial charge in [-0.15, -0.1) is 24.8 Å². The molecule has 6 heteroatoms. The number of nitrogens with one attached hydrogen (secondary N) is 1. The number of imidazole rings is 1. The van der Waals surface area contributed by atoms with Gasteiger partial charge in [-0.25, -0.2) is 4.98 Å². The summed E-state index contributed by atoms with van der Waals surface area (Å²) in [5.74, 6) is 1.05. The molecule has 0 saturated carbocycles. The van der Waals surface area contributed by atoms with Gasteiger partial charge in [0.05, 0.1) is 19.3 Å². The van der Waals surface area contributed by atoms with Gasteiger partial charge in [0.25, 0.3) is 0 Å². The van der Waals surface area contributed by atoms with Crippen LogP contribution in [-0.2, 0) is 17.9 Å². The summed E-state index contributed by atoms with van der Waals surface area (Å²) in [7, 11) is 0. The number of aromatic nitrogens is 2. The summed E-state index contributed by atoms with van der Waals surface area (Å²) in [6.07, 6.45) is 6.29. The monoisotopic (exact) mass is 343 g/mol. The van der Waals surface area contributed by atoms with Crippen LogP contribution in [0.15, 0.2) is 42.7 Å². The molecule has 0 spiro atoms. The Hall–Kier alpha value is -1.07. The molecule has 2 aromatic rings. The molecule has 1 saturated heterocycles. The normalized spacial score (nSPS) is 15.8. The Kier molecular flexibility index (Phi) is 8.49. The maximum Gasteiger partial charge on any atom is 0.120 e. The highest BCUT2D eigenvalue weighted by Gasteiger charge is 2.20. The van der Waals surface area contributed by atoms with Gasteiger partial charge in [0, 0.05) is 25.5 Å². The molecule has 3 rings (SSSR count). The maximum absolute atomic E-state index is 6.00. The number of nitrogens with zero attached hydrogens (tertiary/aromatic N) is 2. The van der Waals surface area contributed by atoms with Crippen molar-refractivity contribution in [1.29, 1.82) is 0 Å². The fraction of sp³-hybridized carbons (Fsp3) is 0.438. The number of piperidine rings is 1. The zero-order valence-corrected chi connectivity index (χ0v) is 14.1. The molecular weight excluding hydrogens is 321 g/mol. The number of rotatable bonds is 5. The molecule has 4 nitrogen and oxygen atoms in total. The third-order valence-corrected chi connectivity index (χ3v) is 3.79. The van der Waals surface area contributed by atoms with Crippen molar-refractivity contribution in [3.63, 3.8) is 0 Å². The average molecular weight is 344 g/mol. The second kappa shape index (κ2) is 9.85. The third kappa shape index (κ3) is 5.61. The highest BCUT2D eigenvalue weighted by Crippen LogP contribution is 2.16. The van der Waals surface area contributed by atoms with Crippen LogP contribution < -0.4 is 0 Å². The van der Waals surface area contributed by atoms with Gasteiger partial charge in [0.15, 0.2) is 0 Å². The zero-order valence-electron chi connectivity index (χ0n) is 12.5. The molecule has 0 aliphatic carbocycles. The zero-order chi connectivity index (χ0) is 13.6. The standard InChI is InChI=1S/C16H21N3O.2ClH/c1-2-4-14(5-3-1)13-20-15-6-10-19(11-7-15)12-16-17-8-9-18-16;;/h1-5,8-9,15H,6-7,10-13H2,(H,17,18);2*1H. The molecule has 0 amide bonds. The molecule has 1 aliphatic heterocycles.